The summed E-state index contributed by atoms with van der Waals surface area (Å²) in [6.45, 7) is 0.593. The average Bonchev–Trinajstić information content (AvgIpc) is 2.71. The van der Waals surface area contributed by atoms with Crippen LogP contribution in [-0.2, 0) is 21.4 Å². The summed E-state index contributed by atoms with van der Waals surface area (Å²) in [6.07, 6.45) is 0.983. The number of hydrogen-bond donors (Lipinski definition) is 1. The van der Waals surface area contributed by atoms with Crippen LogP contribution >= 0.6 is 0 Å². The van der Waals surface area contributed by atoms with E-state index < -0.39 is 11.4 Å². The minimum absolute atomic E-state index is 0.00278. The summed E-state index contributed by atoms with van der Waals surface area (Å²) in [5.41, 5.74) is 0.661. The molecular weight excluding hydrogens is 220 g/mol. The van der Waals surface area contributed by atoms with E-state index in [2.05, 4.69) is 0 Å². The monoisotopic (exact) mass is 232 g/mol. The third-order valence-corrected chi connectivity index (χ3v) is 3.64. The average molecular weight is 232 g/mol. The van der Waals surface area contributed by atoms with E-state index in [-0.39, 0.29) is 18.6 Å². The first kappa shape index (κ1) is 10.3. The van der Waals surface area contributed by atoms with E-state index in [9.17, 15) is 14.7 Å². The zero-order valence-electron chi connectivity index (χ0n) is 9.23. The molecule has 4 heteroatoms. The molecule has 0 spiro atoms. The van der Waals surface area contributed by atoms with Crippen LogP contribution in [0.2, 0.25) is 0 Å². The molecule has 1 aliphatic heterocycles. The Morgan fingerprint density at radius 2 is 2.12 bits per heavy atom. The van der Waals surface area contributed by atoms with Crippen LogP contribution in [0.15, 0.2) is 18.2 Å². The molecule has 1 aromatic carbocycles. The number of carbonyl (C=O) groups is 2. The lowest BCUT2D eigenvalue weighted by Gasteiger charge is -2.37. The molecule has 1 saturated carbocycles. The minimum Gasteiger partial charge on any atom is -0.493 e. The van der Waals surface area contributed by atoms with Gasteiger partial charge >= 0.3 is 5.97 Å². The highest BCUT2D eigenvalue weighted by atomic mass is 16.5. The van der Waals surface area contributed by atoms with Crippen molar-refractivity contribution in [3.05, 3.63) is 29.3 Å². The fourth-order valence-electron chi connectivity index (χ4n) is 2.67. The van der Waals surface area contributed by atoms with Gasteiger partial charge in [0.25, 0.3) is 0 Å². The van der Waals surface area contributed by atoms with E-state index in [0.29, 0.717) is 17.9 Å². The largest absolute Gasteiger partial charge is 0.493 e. The number of aliphatic carboxylic acids is 1. The summed E-state index contributed by atoms with van der Waals surface area (Å²) in [5, 5.41) is 9.38. The van der Waals surface area contributed by atoms with Crippen molar-refractivity contribution in [2.75, 3.05) is 6.61 Å². The van der Waals surface area contributed by atoms with Gasteiger partial charge in [0, 0.05) is 24.8 Å². The minimum atomic E-state index is -1.05. The summed E-state index contributed by atoms with van der Waals surface area (Å²) in [7, 11) is 0. The molecule has 0 unspecified atom stereocenters. The molecule has 0 saturated heterocycles. The summed E-state index contributed by atoms with van der Waals surface area (Å²) < 4.78 is 5.52. The maximum absolute atomic E-state index is 11.4. The van der Waals surface area contributed by atoms with Crippen LogP contribution in [0.3, 0.4) is 0 Å². The van der Waals surface area contributed by atoms with Crippen LogP contribution in [0.4, 0.5) is 0 Å². The Labute approximate surface area is 98.2 Å². The molecule has 2 aliphatic rings. The summed E-state index contributed by atoms with van der Waals surface area (Å²) in [6, 6.07) is 5.56. The van der Waals surface area contributed by atoms with Gasteiger partial charge in [-0.05, 0) is 5.56 Å². The van der Waals surface area contributed by atoms with Crippen LogP contribution in [0, 0.1) is 0 Å². The predicted octanol–water partition coefficient (Wildman–Crippen LogP) is 1.31. The smallest absolute Gasteiger partial charge is 0.315 e. The van der Waals surface area contributed by atoms with Crippen LogP contribution in [0.1, 0.15) is 24.0 Å². The molecular formula is C13H12O4. The van der Waals surface area contributed by atoms with Crippen LogP contribution in [-0.4, -0.2) is 23.5 Å². The van der Waals surface area contributed by atoms with Crippen molar-refractivity contribution < 1.29 is 19.4 Å². The number of carboxylic acids is 1. The van der Waals surface area contributed by atoms with Gasteiger partial charge in [-0.2, -0.15) is 0 Å². The quantitative estimate of drug-likeness (QED) is 0.835. The van der Waals surface area contributed by atoms with E-state index in [1.807, 2.05) is 12.1 Å². The lowest BCUT2D eigenvalue weighted by molar-refractivity contribution is -0.153. The van der Waals surface area contributed by atoms with Crippen LogP contribution in [0.25, 0.3) is 0 Å². The lowest BCUT2D eigenvalue weighted by Crippen LogP contribution is -2.48. The highest BCUT2D eigenvalue weighted by Gasteiger charge is 2.53. The summed E-state index contributed by atoms with van der Waals surface area (Å²) in [5.74, 6) is -0.244. The van der Waals surface area contributed by atoms with Crippen molar-refractivity contribution in [2.24, 2.45) is 0 Å². The molecule has 1 fully saturated rings. The lowest BCUT2D eigenvalue weighted by atomic mass is 9.63. The number of ether oxygens (including phenoxy) is 1. The van der Waals surface area contributed by atoms with E-state index >= 15 is 0 Å². The second-order valence-corrected chi connectivity index (χ2v) is 4.67. The fraction of sp³-hybridized carbons (Fsp3) is 0.385. The molecule has 1 heterocycles. The SMILES string of the molecule is O=C1CC(C(=O)O)(c2cccc3c2OCC3)C1. The van der Waals surface area contributed by atoms with Crippen molar-refractivity contribution in [1.29, 1.82) is 0 Å². The standard InChI is InChI=1S/C13H12O4/c14-9-6-13(7-9,12(15)16)10-3-1-2-8-4-5-17-11(8)10/h1-3H,4-7H2,(H,15,16). The second-order valence-electron chi connectivity index (χ2n) is 4.67. The Hall–Kier alpha value is -1.84. The number of ketones is 1. The molecule has 0 radical (unpaired) electrons. The summed E-state index contributed by atoms with van der Waals surface area (Å²) >= 11 is 0. The zero-order valence-corrected chi connectivity index (χ0v) is 9.23. The van der Waals surface area contributed by atoms with E-state index in [1.54, 1.807) is 6.07 Å². The van der Waals surface area contributed by atoms with E-state index in [4.69, 9.17) is 4.74 Å². The highest BCUT2D eigenvalue weighted by molar-refractivity contribution is 6.02. The molecule has 0 atom stereocenters. The predicted molar refractivity (Wildman–Crippen MR) is 59.2 cm³/mol. The van der Waals surface area contributed by atoms with Crippen molar-refractivity contribution >= 4 is 11.8 Å². The van der Waals surface area contributed by atoms with E-state index in [0.717, 1.165) is 12.0 Å². The first-order valence-electron chi connectivity index (χ1n) is 5.64. The number of benzene rings is 1. The molecule has 1 N–H and O–H groups in total. The number of hydrogen-bond acceptors (Lipinski definition) is 3. The molecule has 17 heavy (non-hydrogen) atoms. The highest BCUT2D eigenvalue weighted by Crippen LogP contribution is 2.47. The molecule has 0 amide bonds. The Kier molecular flexibility index (Phi) is 2.02. The van der Waals surface area contributed by atoms with Gasteiger partial charge in [0.15, 0.2) is 0 Å². The number of carboxylic acid groups (broad SMARTS) is 1. The first-order valence-corrected chi connectivity index (χ1v) is 5.64. The normalized spacial score (nSPS) is 20.4. The van der Waals surface area contributed by atoms with E-state index in [1.165, 1.54) is 0 Å². The molecule has 88 valence electrons. The number of para-hydroxylation sites is 1. The molecule has 0 aromatic heterocycles. The molecule has 4 nitrogen and oxygen atoms in total. The third-order valence-electron chi connectivity index (χ3n) is 3.64. The summed E-state index contributed by atoms with van der Waals surface area (Å²) in [4.78, 5) is 22.6. The van der Waals surface area contributed by atoms with Crippen molar-refractivity contribution in [2.45, 2.75) is 24.7 Å². The third kappa shape index (κ3) is 1.30. The van der Waals surface area contributed by atoms with Gasteiger partial charge in [0.05, 0.1) is 6.61 Å². The zero-order chi connectivity index (χ0) is 12.0. The Bertz CT molecular complexity index is 510. The van der Waals surface area contributed by atoms with Gasteiger partial charge in [-0.1, -0.05) is 18.2 Å². The first-order chi connectivity index (χ1) is 8.13. The molecule has 0 bridgehead atoms. The second kappa shape index (κ2) is 3.32. The maximum Gasteiger partial charge on any atom is 0.315 e. The van der Waals surface area contributed by atoms with Crippen molar-refractivity contribution in [1.82, 2.24) is 0 Å². The number of Topliss-reactive ketones (excluding diaryl/α,β-unsaturated/α-hetero) is 1. The molecule has 1 aromatic rings. The molecule has 3 rings (SSSR count). The van der Waals surface area contributed by atoms with Gasteiger partial charge in [0.2, 0.25) is 0 Å². The van der Waals surface area contributed by atoms with Gasteiger partial charge in [-0.25, -0.2) is 0 Å². The fourth-order valence-corrected chi connectivity index (χ4v) is 2.67. The number of rotatable bonds is 2. The van der Waals surface area contributed by atoms with Gasteiger partial charge in [-0.15, -0.1) is 0 Å². The Morgan fingerprint density at radius 3 is 2.76 bits per heavy atom. The maximum atomic E-state index is 11.4. The Morgan fingerprint density at radius 1 is 1.35 bits per heavy atom. The number of fused-ring (bicyclic) bond motifs is 1. The topological polar surface area (TPSA) is 63.6 Å². The van der Waals surface area contributed by atoms with Gasteiger partial charge in [0.1, 0.15) is 16.9 Å². The molecule has 1 aliphatic carbocycles. The van der Waals surface area contributed by atoms with Gasteiger partial charge in [-0.3, -0.25) is 9.59 Å². The van der Waals surface area contributed by atoms with Crippen molar-refractivity contribution in [3.8, 4) is 5.75 Å². The van der Waals surface area contributed by atoms with Crippen LogP contribution < -0.4 is 4.74 Å². The number of carbonyl (C=O) groups excluding carboxylic acids is 1. The van der Waals surface area contributed by atoms with Gasteiger partial charge < -0.3 is 9.84 Å². The van der Waals surface area contributed by atoms with Crippen LogP contribution in [0.5, 0.6) is 5.75 Å². The van der Waals surface area contributed by atoms with Crippen molar-refractivity contribution in [3.63, 3.8) is 0 Å². The Balaban J connectivity index is 2.12.